The second-order valence-electron chi connectivity index (χ2n) is 6.09. The van der Waals surface area contributed by atoms with E-state index in [2.05, 4.69) is 36.1 Å². The van der Waals surface area contributed by atoms with E-state index in [-0.39, 0.29) is 12.0 Å². The van der Waals surface area contributed by atoms with Crippen LogP contribution in [0.5, 0.6) is 0 Å². The van der Waals surface area contributed by atoms with Gasteiger partial charge < -0.3 is 5.11 Å². The molecule has 1 aliphatic carbocycles. The van der Waals surface area contributed by atoms with Crippen LogP contribution in [0.3, 0.4) is 0 Å². The Balaban J connectivity index is 1.94. The summed E-state index contributed by atoms with van der Waals surface area (Å²) >= 11 is 6.53. The molecule has 1 aromatic carbocycles. The number of nitrogens with zero attached hydrogens (tertiary/aromatic N) is 1. The molecule has 0 radical (unpaired) electrons. The van der Waals surface area contributed by atoms with Crippen LogP contribution in [0.1, 0.15) is 61.4 Å². The number of benzene rings is 1. The molecule has 1 atom stereocenters. The van der Waals surface area contributed by atoms with Crippen LogP contribution in [0.25, 0.3) is 0 Å². The fourth-order valence-corrected chi connectivity index (χ4v) is 3.61. The number of hydrogen-bond acceptors (Lipinski definition) is 2. The van der Waals surface area contributed by atoms with E-state index in [4.69, 9.17) is 16.7 Å². The van der Waals surface area contributed by atoms with E-state index in [1.807, 2.05) is 0 Å². The van der Waals surface area contributed by atoms with Crippen molar-refractivity contribution in [3.05, 3.63) is 35.4 Å². The molecule has 1 saturated carbocycles. The van der Waals surface area contributed by atoms with E-state index in [0.717, 1.165) is 19.0 Å². The monoisotopic (exact) mass is 309 g/mol. The normalized spacial score (nSPS) is 18.1. The van der Waals surface area contributed by atoms with Crippen LogP contribution >= 0.6 is 11.6 Å². The molecule has 1 aliphatic rings. The lowest BCUT2D eigenvalue weighted by molar-refractivity contribution is 0.202. The third kappa shape index (κ3) is 4.98. The standard InChI is InChI=1S/C18H28ClNO/c1-2-20(12-13-21)14-18(19)17-10-8-16(9-11-17)15-6-4-3-5-7-15/h8-11,15,18,21H,2-7,12-14H2,1H3. The summed E-state index contributed by atoms with van der Waals surface area (Å²) in [5.74, 6) is 0.753. The van der Waals surface area contributed by atoms with Crippen molar-refractivity contribution >= 4 is 11.6 Å². The summed E-state index contributed by atoms with van der Waals surface area (Å²) in [7, 11) is 0. The van der Waals surface area contributed by atoms with E-state index in [1.54, 1.807) is 0 Å². The van der Waals surface area contributed by atoms with Crippen molar-refractivity contribution in [1.29, 1.82) is 0 Å². The van der Waals surface area contributed by atoms with E-state index < -0.39 is 0 Å². The molecule has 1 aromatic rings. The molecule has 0 heterocycles. The number of aliphatic hydroxyl groups is 1. The highest BCUT2D eigenvalue weighted by atomic mass is 35.5. The molecule has 0 amide bonds. The number of aliphatic hydroxyl groups excluding tert-OH is 1. The first-order valence-electron chi connectivity index (χ1n) is 8.31. The zero-order chi connectivity index (χ0) is 15.1. The first kappa shape index (κ1) is 16.8. The van der Waals surface area contributed by atoms with Crippen molar-refractivity contribution in [3.63, 3.8) is 0 Å². The Bertz CT molecular complexity index is 400. The van der Waals surface area contributed by atoms with E-state index in [1.165, 1.54) is 43.2 Å². The van der Waals surface area contributed by atoms with Gasteiger partial charge in [-0.05, 0) is 36.4 Å². The average Bonchev–Trinajstić information content (AvgIpc) is 2.55. The Kier molecular flexibility index (Phi) is 7.01. The van der Waals surface area contributed by atoms with Gasteiger partial charge in [-0.15, -0.1) is 11.6 Å². The Morgan fingerprint density at radius 3 is 2.43 bits per heavy atom. The van der Waals surface area contributed by atoms with Crippen LogP contribution < -0.4 is 0 Å². The van der Waals surface area contributed by atoms with Crippen LogP contribution in [0.15, 0.2) is 24.3 Å². The minimum absolute atomic E-state index is 0.00286. The number of alkyl halides is 1. The van der Waals surface area contributed by atoms with Gasteiger partial charge in [0.1, 0.15) is 0 Å². The molecule has 2 nitrogen and oxygen atoms in total. The highest BCUT2D eigenvalue weighted by Gasteiger charge is 2.17. The van der Waals surface area contributed by atoms with E-state index in [0.29, 0.717) is 6.54 Å². The third-order valence-electron chi connectivity index (χ3n) is 4.66. The predicted octanol–water partition coefficient (Wildman–Crippen LogP) is 4.33. The molecule has 0 bridgehead atoms. The molecule has 0 aliphatic heterocycles. The Hall–Kier alpha value is -0.570. The fourth-order valence-electron chi connectivity index (χ4n) is 3.26. The molecule has 3 heteroatoms. The first-order chi connectivity index (χ1) is 10.2. The molecule has 1 unspecified atom stereocenters. The zero-order valence-corrected chi connectivity index (χ0v) is 13.9. The molecular weight excluding hydrogens is 282 g/mol. The van der Waals surface area contributed by atoms with Crippen molar-refractivity contribution in [2.75, 3.05) is 26.2 Å². The van der Waals surface area contributed by atoms with Gasteiger partial charge in [0.2, 0.25) is 0 Å². The number of halogens is 1. The Labute approximate surface area is 134 Å². The number of rotatable bonds is 7. The molecule has 0 spiro atoms. The topological polar surface area (TPSA) is 23.5 Å². The van der Waals surface area contributed by atoms with Crippen molar-refractivity contribution in [2.24, 2.45) is 0 Å². The van der Waals surface area contributed by atoms with Crippen LogP contribution in [0.4, 0.5) is 0 Å². The SMILES string of the molecule is CCN(CCO)CC(Cl)c1ccc(C2CCCCC2)cc1. The molecule has 21 heavy (non-hydrogen) atoms. The summed E-state index contributed by atoms with van der Waals surface area (Å²) in [5.41, 5.74) is 2.66. The van der Waals surface area contributed by atoms with Gasteiger partial charge >= 0.3 is 0 Å². The van der Waals surface area contributed by atoms with Gasteiger partial charge in [-0.1, -0.05) is 50.5 Å². The van der Waals surface area contributed by atoms with Gasteiger partial charge in [0, 0.05) is 13.1 Å². The highest BCUT2D eigenvalue weighted by molar-refractivity contribution is 6.21. The second kappa shape index (κ2) is 8.77. The van der Waals surface area contributed by atoms with Gasteiger partial charge in [0.05, 0.1) is 12.0 Å². The lowest BCUT2D eigenvalue weighted by atomic mass is 9.84. The molecule has 0 saturated heterocycles. The van der Waals surface area contributed by atoms with Crippen LogP contribution in [-0.4, -0.2) is 36.2 Å². The predicted molar refractivity (Wildman–Crippen MR) is 90.1 cm³/mol. The summed E-state index contributed by atoms with van der Waals surface area (Å²) in [6.45, 7) is 4.70. The maximum absolute atomic E-state index is 9.05. The van der Waals surface area contributed by atoms with E-state index >= 15 is 0 Å². The van der Waals surface area contributed by atoms with Crippen molar-refractivity contribution < 1.29 is 5.11 Å². The summed E-state index contributed by atoms with van der Waals surface area (Å²) in [5, 5.41) is 9.04. The molecule has 1 fully saturated rings. The van der Waals surface area contributed by atoms with Crippen LogP contribution in [0, 0.1) is 0 Å². The highest BCUT2D eigenvalue weighted by Crippen LogP contribution is 2.33. The average molecular weight is 310 g/mol. The van der Waals surface area contributed by atoms with Gasteiger partial charge in [-0.2, -0.15) is 0 Å². The lowest BCUT2D eigenvalue weighted by Crippen LogP contribution is -2.29. The first-order valence-corrected chi connectivity index (χ1v) is 8.75. The molecular formula is C18H28ClNO. The van der Waals surface area contributed by atoms with Gasteiger partial charge in [0.25, 0.3) is 0 Å². The summed E-state index contributed by atoms with van der Waals surface area (Å²) in [6, 6.07) is 8.91. The van der Waals surface area contributed by atoms with Crippen LogP contribution in [0.2, 0.25) is 0 Å². The lowest BCUT2D eigenvalue weighted by Gasteiger charge is -2.24. The summed E-state index contributed by atoms with van der Waals surface area (Å²) in [6.07, 6.45) is 6.82. The Morgan fingerprint density at radius 1 is 1.19 bits per heavy atom. The number of likely N-dealkylation sites (N-methyl/N-ethyl adjacent to an activating group) is 1. The summed E-state index contributed by atoms with van der Waals surface area (Å²) < 4.78 is 0. The summed E-state index contributed by atoms with van der Waals surface area (Å²) in [4.78, 5) is 2.19. The maximum Gasteiger partial charge on any atom is 0.0712 e. The van der Waals surface area contributed by atoms with Gasteiger partial charge in [-0.3, -0.25) is 4.90 Å². The molecule has 0 aromatic heterocycles. The van der Waals surface area contributed by atoms with Crippen molar-refractivity contribution in [3.8, 4) is 0 Å². The largest absolute Gasteiger partial charge is 0.395 e. The van der Waals surface area contributed by atoms with Crippen molar-refractivity contribution in [2.45, 2.75) is 50.3 Å². The Morgan fingerprint density at radius 2 is 1.86 bits per heavy atom. The fraction of sp³-hybridized carbons (Fsp3) is 0.667. The van der Waals surface area contributed by atoms with Crippen LogP contribution in [-0.2, 0) is 0 Å². The van der Waals surface area contributed by atoms with E-state index in [9.17, 15) is 0 Å². The van der Waals surface area contributed by atoms with Gasteiger partial charge in [-0.25, -0.2) is 0 Å². The molecule has 118 valence electrons. The minimum atomic E-state index is -0.00286. The smallest absolute Gasteiger partial charge is 0.0712 e. The van der Waals surface area contributed by atoms with Gasteiger partial charge in [0.15, 0.2) is 0 Å². The maximum atomic E-state index is 9.05. The number of hydrogen-bond donors (Lipinski definition) is 1. The zero-order valence-electron chi connectivity index (χ0n) is 13.1. The molecule has 1 N–H and O–H groups in total. The molecule has 2 rings (SSSR count). The second-order valence-corrected chi connectivity index (χ2v) is 6.61. The third-order valence-corrected chi connectivity index (χ3v) is 5.05. The minimum Gasteiger partial charge on any atom is -0.395 e. The quantitative estimate of drug-likeness (QED) is 0.758. The van der Waals surface area contributed by atoms with Crippen molar-refractivity contribution in [1.82, 2.24) is 4.90 Å².